The van der Waals surface area contributed by atoms with E-state index in [-0.39, 0.29) is 0 Å². The molecule has 27 heavy (non-hydrogen) atoms. The minimum absolute atomic E-state index is 0.908. The van der Waals surface area contributed by atoms with Crippen LogP contribution in [-0.2, 0) is 0 Å². The number of rotatable bonds is 4. The fraction of sp³-hybridized carbons (Fsp3) is 0.182. The van der Waals surface area contributed by atoms with Gasteiger partial charge in [-0.15, -0.1) is 11.3 Å². The van der Waals surface area contributed by atoms with Crippen molar-refractivity contribution in [3.63, 3.8) is 0 Å². The number of aromatic nitrogens is 3. The molecule has 0 fully saturated rings. The molecule has 0 aliphatic rings. The van der Waals surface area contributed by atoms with Gasteiger partial charge in [0.2, 0.25) is 0 Å². The van der Waals surface area contributed by atoms with Gasteiger partial charge in [0.05, 0.1) is 17.7 Å². The molecule has 2 heterocycles. The van der Waals surface area contributed by atoms with Crippen molar-refractivity contribution in [2.75, 3.05) is 5.32 Å². The van der Waals surface area contributed by atoms with E-state index in [4.69, 9.17) is 4.98 Å². The SMILES string of the molecule is Cc1cn(-c2ccc(-c3csc(Nc4cc(C)c(C)cc4C)n3)cc2)cn1. The summed E-state index contributed by atoms with van der Waals surface area (Å²) >= 11 is 1.62. The number of benzene rings is 2. The largest absolute Gasteiger partial charge is 0.331 e. The molecule has 0 unspecified atom stereocenters. The number of nitrogens with zero attached hydrogens (tertiary/aromatic N) is 3. The smallest absolute Gasteiger partial charge is 0.187 e. The van der Waals surface area contributed by atoms with Gasteiger partial charge in [0.15, 0.2) is 5.13 Å². The lowest BCUT2D eigenvalue weighted by Crippen LogP contribution is -1.95. The maximum absolute atomic E-state index is 4.76. The number of aryl methyl sites for hydroxylation is 4. The normalized spacial score (nSPS) is 11.0. The standard InChI is InChI=1S/C22H22N4S/c1-14-9-16(3)20(10-15(14)2)24-22-25-21(12-27-22)18-5-7-19(8-6-18)26-11-17(4)23-13-26/h5-13H,1-4H3,(H,24,25). The minimum Gasteiger partial charge on any atom is -0.331 e. The van der Waals surface area contributed by atoms with Gasteiger partial charge in [-0.05, 0) is 62.6 Å². The number of hydrogen-bond donors (Lipinski definition) is 1. The fourth-order valence-electron chi connectivity index (χ4n) is 3.04. The Kier molecular flexibility index (Phi) is 4.54. The summed E-state index contributed by atoms with van der Waals surface area (Å²) in [5, 5.41) is 6.47. The molecule has 4 rings (SSSR count). The van der Waals surface area contributed by atoms with Crippen LogP contribution in [0.2, 0.25) is 0 Å². The van der Waals surface area contributed by atoms with Crippen LogP contribution in [0.15, 0.2) is 54.3 Å². The highest BCUT2D eigenvalue weighted by atomic mass is 32.1. The molecule has 0 aliphatic heterocycles. The summed E-state index contributed by atoms with van der Waals surface area (Å²) in [6.07, 6.45) is 3.85. The monoisotopic (exact) mass is 374 g/mol. The molecule has 0 amide bonds. The first-order valence-electron chi connectivity index (χ1n) is 8.91. The minimum atomic E-state index is 0.908. The highest BCUT2D eigenvalue weighted by Crippen LogP contribution is 2.30. The van der Waals surface area contributed by atoms with E-state index in [1.807, 2.05) is 24.0 Å². The van der Waals surface area contributed by atoms with Gasteiger partial charge >= 0.3 is 0 Å². The second kappa shape index (κ2) is 7.00. The topological polar surface area (TPSA) is 42.7 Å². The van der Waals surface area contributed by atoms with E-state index in [0.29, 0.717) is 0 Å². The zero-order valence-electron chi connectivity index (χ0n) is 15.9. The lowest BCUT2D eigenvalue weighted by molar-refractivity contribution is 1.06. The highest BCUT2D eigenvalue weighted by Gasteiger charge is 2.08. The first kappa shape index (κ1) is 17.5. The summed E-state index contributed by atoms with van der Waals surface area (Å²) in [7, 11) is 0. The molecule has 0 saturated carbocycles. The van der Waals surface area contributed by atoms with Gasteiger partial charge in [0.25, 0.3) is 0 Å². The molecular formula is C22H22N4S. The highest BCUT2D eigenvalue weighted by molar-refractivity contribution is 7.14. The van der Waals surface area contributed by atoms with Crippen LogP contribution in [-0.4, -0.2) is 14.5 Å². The molecule has 0 radical (unpaired) electrons. The molecule has 2 aromatic carbocycles. The summed E-state index contributed by atoms with van der Waals surface area (Å²) < 4.78 is 2.02. The Morgan fingerprint density at radius 2 is 1.67 bits per heavy atom. The van der Waals surface area contributed by atoms with Gasteiger partial charge in [0.1, 0.15) is 0 Å². The summed E-state index contributed by atoms with van der Waals surface area (Å²) in [6, 6.07) is 12.8. The van der Waals surface area contributed by atoms with Gasteiger partial charge in [-0.25, -0.2) is 9.97 Å². The lowest BCUT2D eigenvalue weighted by Gasteiger charge is -2.10. The quantitative estimate of drug-likeness (QED) is 0.478. The summed E-state index contributed by atoms with van der Waals surface area (Å²) in [4.78, 5) is 9.04. The Morgan fingerprint density at radius 1 is 0.926 bits per heavy atom. The molecule has 0 saturated heterocycles. The first-order valence-corrected chi connectivity index (χ1v) is 9.79. The van der Waals surface area contributed by atoms with E-state index in [9.17, 15) is 0 Å². The van der Waals surface area contributed by atoms with Gasteiger partial charge in [-0.1, -0.05) is 18.2 Å². The van der Waals surface area contributed by atoms with Crippen molar-refractivity contribution in [3.05, 3.63) is 76.7 Å². The van der Waals surface area contributed by atoms with Crippen molar-refractivity contribution in [1.29, 1.82) is 0 Å². The van der Waals surface area contributed by atoms with Gasteiger partial charge < -0.3 is 9.88 Å². The van der Waals surface area contributed by atoms with E-state index in [1.54, 1.807) is 11.3 Å². The van der Waals surface area contributed by atoms with Crippen molar-refractivity contribution in [3.8, 4) is 16.9 Å². The third kappa shape index (κ3) is 3.64. The number of anilines is 2. The van der Waals surface area contributed by atoms with Crippen LogP contribution >= 0.6 is 11.3 Å². The zero-order valence-corrected chi connectivity index (χ0v) is 16.8. The van der Waals surface area contributed by atoms with Crippen LogP contribution in [0.25, 0.3) is 16.9 Å². The fourth-order valence-corrected chi connectivity index (χ4v) is 3.77. The van der Waals surface area contributed by atoms with Crippen molar-refractivity contribution < 1.29 is 0 Å². The Bertz CT molecular complexity index is 1090. The third-order valence-corrected chi connectivity index (χ3v) is 5.52. The number of nitrogens with one attached hydrogen (secondary N) is 1. The molecule has 0 bridgehead atoms. The number of hydrogen-bond acceptors (Lipinski definition) is 4. The predicted molar refractivity (Wildman–Crippen MR) is 113 cm³/mol. The van der Waals surface area contributed by atoms with Crippen LogP contribution in [0, 0.1) is 27.7 Å². The molecule has 2 aromatic heterocycles. The Balaban J connectivity index is 1.55. The molecule has 1 N–H and O–H groups in total. The average molecular weight is 375 g/mol. The summed E-state index contributed by atoms with van der Waals surface area (Å²) in [5.41, 5.74) is 9.14. The summed E-state index contributed by atoms with van der Waals surface area (Å²) in [6.45, 7) is 8.39. The first-order chi connectivity index (χ1) is 13.0. The van der Waals surface area contributed by atoms with E-state index < -0.39 is 0 Å². The van der Waals surface area contributed by atoms with Crippen LogP contribution in [0.3, 0.4) is 0 Å². The second-order valence-electron chi connectivity index (χ2n) is 6.88. The molecule has 5 heteroatoms. The van der Waals surface area contributed by atoms with Gasteiger partial charge in [-0.2, -0.15) is 0 Å². The number of thiazole rings is 1. The van der Waals surface area contributed by atoms with Crippen LogP contribution in [0.1, 0.15) is 22.4 Å². The Morgan fingerprint density at radius 3 is 2.37 bits per heavy atom. The van der Waals surface area contributed by atoms with E-state index >= 15 is 0 Å². The molecule has 136 valence electrons. The zero-order chi connectivity index (χ0) is 19.0. The maximum atomic E-state index is 4.76. The molecule has 4 nitrogen and oxygen atoms in total. The van der Waals surface area contributed by atoms with Crippen molar-refractivity contribution in [2.24, 2.45) is 0 Å². The lowest BCUT2D eigenvalue weighted by atomic mass is 10.1. The van der Waals surface area contributed by atoms with Crippen molar-refractivity contribution >= 4 is 22.2 Å². The summed E-state index contributed by atoms with van der Waals surface area (Å²) in [5.74, 6) is 0. The Labute approximate surface area is 163 Å². The molecule has 0 atom stereocenters. The molecule has 0 spiro atoms. The van der Waals surface area contributed by atoms with Gasteiger partial charge in [0, 0.05) is 28.5 Å². The maximum Gasteiger partial charge on any atom is 0.187 e. The Hall–Kier alpha value is -2.92. The van der Waals surface area contributed by atoms with Crippen LogP contribution in [0.5, 0.6) is 0 Å². The predicted octanol–water partition coefficient (Wildman–Crippen LogP) is 5.97. The van der Waals surface area contributed by atoms with Crippen molar-refractivity contribution in [1.82, 2.24) is 14.5 Å². The number of imidazole rings is 1. The van der Waals surface area contributed by atoms with Crippen LogP contribution in [0.4, 0.5) is 10.8 Å². The van der Waals surface area contributed by atoms with Crippen LogP contribution < -0.4 is 5.32 Å². The third-order valence-electron chi connectivity index (χ3n) is 4.76. The van der Waals surface area contributed by atoms with Crippen molar-refractivity contribution in [2.45, 2.75) is 27.7 Å². The average Bonchev–Trinajstić information content (AvgIpc) is 3.29. The van der Waals surface area contributed by atoms with E-state index in [1.165, 1.54) is 16.7 Å². The molecular weight excluding hydrogens is 352 g/mol. The van der Waals surface area contributed by atoms with E-state index in [2.05, 4.69) is 72.9 Å². The second-order valence-corrected chi connectivity index (χ2v) is 7.74. The van der Waals surface area contributed by atoms with E-state index in [0.717, 1.165) is 33.5 Å². The molecule has 4 aromatic rings. The van der Waals surface area contributed by atoms with Gasteiger partial charge in [-0.3, -0.25) is 0 Å². The molecule has 0 aliphatic carbocycles.